The summed E-state index contributed by atoms with van der Waals surface area (Å²) >= 11 is 0. The van der Waals surface area contributed by atoms with Gasteiger partial charge >= 0.3 is 11.9 Å². The number of nitrogens with two attached hydrogens (primary N) is 1. The van der Waals surface area contributed by atoms with E-state index in [9.17, 15) is 13.6 Å². The van der Waals surface area contributed by atoms with E-state index in [4.69, 9.17) is 15.6 Å². The van der Waals surface area contributed by atoms with Gasteiger partial charge in [-0.15, -0.1) is 0 Å². The molecule has 0 aromatic heterocycles. The Balaban J connectivity index is 3.22. The number of benzene rings is 1. The minimum absolute atomic E-state index is 0.0879. The predicted molar refractivity (Wildman–Crippen MR) is 57.4 cm³/mol. The zero-order chi connectivity index (χ0) is 13.1. The third kappa shape index (κ3) is 2.52. The van der Waals surface area contributed by atoms with Crippen LogP contribution < -0.4 is 10.5 Å². The number of aliphatic carboxylic acids is 1. The van der Waals surface area contributed by atoms with Gasteiger partial charge in [-0.2, -0.15) is 8.78 Å². The first-order chi connectivity index (χ1) is 7.95. The molecule has 94 valence electrons. The fourth-order valence-corrected chi connectivity index (χ4v) is 1.57. The number of halogens is 2. The number of ether oxygens (including phenoxy) is 1. The van der Waals surface area contributed by atoms with Crippen molar-refractivity contribution in [3.63, 3.8) is 0 Å². The van der Waals surface area contributed by atoms with E-state index in [-0.39, 0.29) is 11.3 Å². The molecule has 0 spiro atoms. The molecule has 1 aromatic rings. The Labute approximate surface area is 97.0 Å². The van der Waals surface area contributed by atoms with Crippen LogP contribution in [0.4, 0.5) is 8.78 Å². The fourth-order valence-electron chi connectivity index (χ4n) is 1.57. The van der Waals surface area contributed by atoms with Crippen LogP contribution in [0.1, 0.15) is 11.5 Å². The lowest BCUT2D eigenvalue weighted by molar-refractivity contribution is -0.168. The van der Waals surface area contributed by atoms with Gasteiger partial charge in [0.2, 0.25) is 0 Å². The Morgan fingerprint density at radius 3 is 2.59 bits per heavy atom. The quantitative estimate of drug-likeness (QED) is 0.823. The van der Waals surface area contributed by atoms with Crippen LogP contribution in [0.15, 0.2) is 24.3 Å². The summed E-state index contributed by atoms with van der Waals surface area (Å²) in [4.78, 5) is 10.5. The summed E-state index contributed by atoms with van der Waals surface area (Å²) < 4.78 is 31.9. The van der Waals surface area contributed by atoms with Gasteiger partial charge in [0, 0.05) is 12.1 Å². The number of para-hydroxylation sites is 1. The van der Waals surface area contributed by atoms with Crippen molar-refractivity contribution in [1.29, 1.82) is 0 Å². The molecule has 4 nitrogen and oxygen atoms in total. The summed E-state index contributed by atoms with van der Waals surface area (Å²) in [5, 5.41) is 8.52. The van der Waals surface area contributed by atoms with E-state index in [2.05, 4.69) is 0 Å². The average molecular weight is 245 g/mol. The monoisotopic (exact) mass is 245 g/mol. The molecule has 1 unspecified atom stereocenters. The Morgan fingerprint density at radius 2 is 2.12 bits per heavy atom. The maximum Gasteiger partial charge on any atom is 0.375 e. The smallest absolute Gasteiger partial charge is 0.375 e. The van der Waals surface area contributed by atoms with E-state index in [0.29, 0.717) is 0 Å². The molecule has 6 heteroatoms. The van der Waals surface area contributed by atoms with Crippen molar-refractivity contribution in [3.8, 4) is 5.75 Å². The molecule has 0 saturated carbocycles. The predicted octanol–water partition coefficient (Wildman–Crippen LogP) is 1.46. The highest BCUT2D eigenvalue weighted by Gasteiger charge is 2.48. The van der Waals surface area contributed by atoms with E-state index >= 15 is 0 Å². The summed E-state index contributed by atoms with van der Waals surface area (Å²) in [6.07, 6.45) is 0. The van der Waals surface area contributed by atoms with Crippen LogP contribution >= 0.6 is 0 Å². The highest BCUT2D eigenvalue weighted by molar-refractivity contribution is 5.77. The zero-order valence-electron chi connectivity index (χ0n) is 9.19. The van der Waals surface area contributed by atoms with E-state index in [1.165, 1.54) is 25.3 Å². The van der Waals surface area contributed by atoms with Crippen molar-refractivity contribution in [2.45, 2.75) is 11.8 Å². The van der Waals surface area contributed by atoms with Crippen LogP contribution in [0.3, 0.4) is 0 Å². The number of alkyl halides is 2. The Morgan fingerprint density at radius 1 is 1.53 bits per heavy atom. The fraction of sp³-hybridized carbons (Fsp3) is 0.364. The van der Waals surface area contributed by atoms with Crippen molar-refractivity contribution in [3.05, 3.63) is 29.8 Å². The molecule has 0 amide bonds. The second-order valence-corrected chi connectivity index (χ2v) is 3.46. The molecule has 0 radical (unpaired) electrons. The third-order valence-corrected chi connectivity index (χ3v) is 2.47. The van der Waals surface area contributed by atoms with E-state index in [1.54, 1.807) is 6.07 Å². The first-order valence-corrected chi connectivity index (χ1v) is 4.89. The Kier molecular flexibility index (Phi) is 4.01. The van der Waals surface area contributed by atoms with Crippen molar-refractivity contribution in [1.82, 2.24) is 0 Å². The van der Waals surface area contributed by atoms with Crippen LogP contribution in [-0.4, -0.2) is 30.7 Å². The number of carbonyl (C=O) groups is 1. The Bertz CT molecular complexity index is 409. The summed E-state index contributed by atoms with van der Waals surface area (Å²) in [6, 6.07) is 6.00. The molecule has 1 rings (SSSR count). The number of methoxy groups -OCH3 is 1. The van der Waals surface area contributed by atoms with Gasteiger partial charge in [-0.25, -0.2) is 4.79 Å². The van der Waals surface area contributed by atoms with E-state index < -0.39 is 24.4 Å². The molecule has 1 aromatic carbocycles. The summed E-state index contributed by atoms with van der Waals surface area (Å²) in [5.41, 5.74) is 5.34. The third-order valence-electron chi connectivity index (χ3n) is 2.47. The molecule has 0 aliphatic rings. The second kappa shape index (κ2) is 5.09. The average Bonchev–Trinajstić information content (AvgIpc) is 2.30. The summed E-state index contributed by atoms with van der Waals surface area (Å²) in [5.74, 6) is -7.54. The molecular formula is C11H13F2NO3. The van der Waals surface area contributed by atoms with Crippen molar-refractivity contribution in [2.75, 3.05) is 13.7 Å². The molecule has 3 N–H and O–H groups in total. The standard InChI is InChI=1S/C11H13F2NO3/c1-17-9-5-3-2-4-7(9)8(6-14)11(12,13)10(15)16/h2-5,8H,6,14H2,1H3,(H,15,16). The maximum atomic E-state index is 13.5. The number of hydrogen-bond acceptors (Lipinski definition) is 3. The van der Waals surface area contributed by atoms with Gasteiger partial charge in [0.1, 0.15) is 5.75 Å². The van der Waals surface area contributed by atoms with Crippen LogP contribution in [0.2, 0.25) is 0 Å². The van der Waals surface area contributed by atoms with Gasteiger partial charge in [0.05, 0.1) is 13.0 Å². The maximum absolute atomic E-state index is 13.5. The number of carboxylic acids is 1. The van der Waals surface area contributed by atoms with E-state index in [1.807, 2.05) is 0 Å². The van der Waals surface area contributed by atoms with Crippen LogP contribution in [0, 0.1) is 0 Å². The molecule has 1 atom stereocenters. The van der Waals surface area contributed by atoms with E-state index in [0.717, 1.165) is 0 Å². The minimum atomic E-state index is -3.93. The largest absolute Gasteiger partial charge is 0.496 e. The van der Waals surface area contributed by atoms with Crippen LogP contribution in [0.5, 0.6) is 5.75 Å². The number of rotatable bonds is 5. The number of hydrogen-bond donors (Lipinski definition) is 2. The second-order valence-electron chi connectivity index (χ2n) is 3.46. The normalized spacial score (nSPS) is 13.2. The van der Waals surface area contributed by atoms with Gasteiger partial charge in [-0.1, -0.05) is 18.2 Å². The first kappa shape index (κ1) is 13.4. The molecule has 0 saturated heterocycles. The molecule has 0 heterocycles. The van der Waals surface area contributed by atoms with Gasteiger partial charge < -0.3 is 15.6 Å². The molecule has 0 aliphatic heterocycles. The highest BCUT2D eigenvalue weighted by Crippen LogP contribution is 2.37. The Hall–Kier alpha value is -1.69. The molecule has 17 heavy (non-hydrogen) atoms. The molecule has 0 fully saturated rings. The summed E-state index contributed by atoms with van der Waals surface area (Å²) in [7, 11) is 1.32. The lowest BCUT2D eigenvalue weighted by atomic mass is 9.92. The first-order valence-electron chi connectivity index (χ1n) is 4.89. The van der Waals surface area contributed by atoms with Crippen molar-refractivity contribution < 1.29 is 23.4 Å². The van der Waals surface area contributed by atoms with Gasteiger partial charge in [-0.3, -0.25) is 0 Å². The lowest BCUT2D eigenvalue weighted by Crippen LogP contribution is -2.39. The molecular weight excluding hydrogens is 232 g/mol. The SMILES string of the molecule is COc1ccccc1C(CN)C(F)(F)C(=O)O. The number of carboxylic acid groups (broad SMARTS) is 1. The minimum Gasteiger partial charge on any atom is -0.496 e. The topological polar surface area (TPSA) is 72.5 Å². The lowest BCUT2D eigenvalue weighted by Gasteiger charge is -2.23. The molecule has 0 aliphatic carbocycles. The van der Waals surface area contributed by atoms with Crippen LogP contribution in [0.25, 0.3) is 0 Å². The van der Waals surface area contributed by atoms with Crippen LogP contribution in [-0.2, 0) is 4.79 Å². The molecule has 0 bridgehead atoms. The highest BCUT2D eigenvalue weighted by atomic mass is 19.3. The van der Waals surface area contributed by atoms with Gasteiger partial charge in [0.15, 0.2) is 0 Å². The summed E-state index contributed by atoms with van der Waals surface area (Å²) in [6.45, 7) is -0.486. The van der Waals surface area contributed by atoms with Crippen molar-refractivity contribution in [2.24, 2.45) is 5.73 Å². The van der Waals surface area contributed by atoms with Gasteiger partial charge in [0.25, 0.3) is 0 Å². The zero-order valence-corrected chi connectivity index (χ0v) is 9.19. The van der Waals surface area contributed by atoms with Crippen molar-refractivity contribution >= 4 is 5.97 Å². The van der Waals surface area contributed by atoms with Gasteiger partial charge in [-0.05, 0) is 6.07 Å².